The van der Waals surface area contributed by atoms with Crippen LogP contribution in [0.15, 0.2) is 65.1 Å². The van der Waals surface area contributed by atoms with Gasteiger partial charge in [-0.3, -0.25) is 14.9 Å². The average molecular weight is 350 g/mol. The highest BCUT2D eigenvalue weighted by Gasteiger charge is 2.12. The fourth-order valence-electron chi connectivity index (χ4n) is 2.58. The summed E-state index contributed by atoms with van der Waals surface area (Å²) in [6.07, 6.45) is 0.677. The fraction of sp³-hybridized carbons (Fsp3) is 0.150. The number of aryl methyl sites for hydroxylation is 2. The van der Waals surface area contributed by atoms with Crippen LogP contribution >= 0.6 is 0 Å². The Morgan fingerprint density at radius 1 is 1.12 bits per heavy atom. The first-order valence-electron chi connectivity index (χ1n) is 8.22. The molecule has 1 heterocycles. The number of hydrogen-bond donors (Lipinski definition) is 1. The molecule has 0 saturated carbocycles. The summed E-state index contributed by atoms with van der Waals surface area (Å²) >= 11 is 0. The first-order chi connectivity index (χ1) is 12.5. The summed E-state index contributed by atoms with van der Waals surface area (Å²) in [7, 11) is 0. The molecule has 0 radical (unpaired) electrons. The van der Waals surface area contributed by atoms with Gasteiger partial charge >= 0.3 is 0 Å². The monoisotopic (exact) mass is 350 g/mol. The van der Waals surface area contributed by atoms with E-state index < -0.39 is 4.92 Å². The van der Waals surface area contributed by atoms with Crippen LogP contribution in [0.25, 0.3) is 11.3 Å². The van der Waals surface area contributed by atoms with Crippen LogP contribution in [-0.2, 0) is 11.2 Å². The Hall–Kier alpha value is -3.41. The van der Waals surface area contributed by atoms with E-state index in [1.54, 1.807) is 13.0 Å². The largest absolute Gasteiger partial charge is 0.461 e. The van der Waals surface area contributed by atoms with Crippen molar-refractivity contribution in [3.8, 4) is 11.3 Å². The number of nitrogens with one attached hydrogen (secondary N) is 1. The summed E-state index contributed by atoms with van der Waals surface area (Å²) in [5.41, 5.74) is 2.15. The summed E-state index contributed by atoms with van der Waals surface area (Å²) < 4.78 is 5.78. The number of nitro groups is 1. The molecule has 1 amide bonds. The highest BCUT2D eigenvalue weighted by atomic mass is 16.6. The molecule has 132 valence electrons. The minimum absolute atomic E-state index is 0.0514. The van der Waals surface area contributed by atoms with Gasteiger partial charge in [-0.05, 0) is 24.6 Å². The van der Waals surface area contributed by atoms with E-state index in [4.69, 9.17) is 4.42 Å². The number of hydrogen-bond acceptors (Lipinski definition) is 4. The van der Waals surface area contributed by atoms with E-state index >= 15 is 0 Å². The number of amides is 1. The number of furan rings is 1. The molecule has 0 fully saturated rings. The number of nitro benzene ring substituents is 1. The molecular formula is C20H18N2O4. The first kappa shape index (κ1) is 17.4. The Morgan fingerprint density at radius 3 is 2.62 bits per heavy atom. The van der Waals surface area contributed by atoms with Crippen LogP contribution in [0.5, 0.6) is 0 Å². The zero-order valence-corrected chi connectivity index (χ0v) is 14.3. The maximum absolute atomic E-state index is 12.2. The number of rotatable bonds is 6. The summed E-state index contributed by atoms with van der Waals surface area (Å²) in [6, 6.07) is 17.9. The molecule has 26 heavy (non-hydrogen) atoms. The normalized spacial score (nSPS) is 10.5. The number of nitrogens with zero attached hydrogens (tertiary/aromatic N) is 1. The quantitative estimate of drug-likeness (QED) is 0.514. The summed E-state index contributed by atoms with van der Waals surface area (Å²) in [4.78, 5) is 22.6. The lowest BCUT2D eigenvalue weighted by molar-refractivity contribution is -0.384. The van der Waals surface area contributed by atoms with Gasteiger partial charge in [0.15, 0.2) is 0 Å². The minimum Gasteiger partial charge on any atom is -0.461 e. The highest BCUT2D eigenvalue weighted by molar-refractivity contribution is 5.92. The molecule has 0 atom stereocenters. The maximum Gasteiger partial charge on any atom is 0.271 e. The van der Waals surface area contributed by atoms with Crippen LogP contribution in [0.3, 0.4) is 0 Å². The lowest BCUT2D eigenvalue weighted by Gasteiger charge is -2.07. The molecule has 3 rings (SSSR count). The van der Waals surface area contributed by atoms with Crippen molar-refractivity contribution in [3.63, 3.8) is 0 Å². The molecule has 2 aromatic carbocycles. The van der Waals surface area contributed by atoms with Crippen molar-refractivity contribution >= 4 is 17.3 Å². The Morgan fingerprint density at radius 2 is 1.88 bits per heavy atom. The molecule has 6 nitrogen and oxygen atoms in total. The van der Waals surface area contributed by atoms with Crippen molar-refractivity contribution in [1.82, 2.24) is 0 Å². The Kier molecular flexibility index (Phi) is 5.12. The van der Waals surface area contributed by atoms with Gasteiger partial charge in [0, 0.05) is 30.5 Å². The van der Waals surface area contributed by atoms with E-state index in [1.165, 1.54) is 12.1 Å². The average Bonchev–Trinajstić information content (AvgIpc) is 3.11. The lowest BCUT2D eigenvalue weighted by atomic mass is 10.1. The van der Waals surface area contributed by atoms with E-state index in [0.717, 1.165) is 22.6 Å². The Balaban J connectivity index is 1.61. The topological polar surface area (TPSA) is 85.4 Å². The number of anilines is 1. The van der Waals surface area contributed by atoms with Gasteiger partial charge in [-0.25, -0.2) is 0 Å². The predicted octanol–water partition coefficient (Wildman–Crippen LogP) is 4.73. The zero-order chi connectivity index (χ0) is 18.5. The third-order valence-electron chi connectivity index (χ3n) is 4.02. The van der Waals surface area contributed by atoms with Gasteiger partial charge in [0.05, 0.1) is 10.6 Å². The third kappa shape index (κ3) is 4.16. The van der Waals surface area contributed by atoms with Gasteiger partial charge in [0.1, 0.15) is 11.5 Å². The Labute approximate surface area is 150 Å². The van der Waals surface area contributed by atoms with Crippen LogP contribution in [0, 0.1) is 17.0 Å². The summed E-state index contributed by atoms with van der Waals surface area (Å²) in [5.74, 6) is 1.26. The zero-order valence-electron chi connectivity index (χ0n) is 14.3. The fourth-order valence-corrected chi connectivity index (χ4v) is 2.58. The minimum atomic E-state index is -0.483. The molecule has 1 aromatic heterocycles. The molecule has 0 aliphatic carbocycles. The van der Waals surface area contributed by atoms with E-state index in [-0.39, 0.29) is 18.0 Å². The molecule has 0 aliphatic rings. The molecule has 0 bridgehead atoms. The third-order valence-corrected chi connectivity index (χ3v) is 4.02. The molecule has 0 aliphatic heterocycles. The lowest BCUT2D eigenvalue weighted by Crippen LogP contribution is -2.13. The second kappa shape index (κ2) is 7.65. The van der Waals surface area contributed by atoms with Gasteiger partial charge in [-0.15, -0.1) is 0 Å². The number of carbonyl (C=O) groups excluding carboxylic acids is 1. The standard InChI is InChI=1S/C20H18N2O4/c1-14-7-8-16(22(24)25)13-18(14)21-20(23)12-10-17-9-11-19(26-17)15-5-3-2-4-6-15/h2-9,11,13H,10,12H2,1H3,(H,21,23). The predicted molar refractivity (Wildman–Crippen MR) is 98.9 cm³/mol. The smallest absolute Gasteiger partial charge is 0.271 e. The van der Waals surface area contributed by atoms with Gasteiger partial charge < -0.3 is 9.73 Å². The summed E-state index contributed by atoms with van der Waals surface area (Å²) in [5, 5.41) is 13.6. The van der Waals surface area contributed by atoms with Crippen molar-refractivity contribution in [2.75, 3.05) is 5.32 Å². The second-order valence-corrected chi connectivity index (χ2v) is 5.94. The van der Waals surface area contributed by atoms with Crippen LogP contribution in [0.4, 0.5) is 11.4 Å². The van der Waals surface area contributed by atoms with Crippen LogP contribution in [-0.4, -0.2) is 10.8 Å². The SMILES string of the molecule is Cc1ccc([N+](=O)[O-])cc1NC(=O)CCc1ccc(-c2ccccc2)o1. The van der Waals surface area contributed by atoms with Crippen molar-refractivity contribution in [1.29, 1.82) is 0 Å². The number of benzene rings is 2. The van der Waals surface area contributed by atoms with Gasteiger partial charge in [0.2, 0.25) is 5.91 Å². The van der Waals surface area contributed by atoms with E-state index in [0.29, 0.717) is 12.1 Å². The van der Waals surface area contributed by atoms with Crippen molar-refractivity contribution < 1.29 is 14.1 Å². The molecule has 0 spiro atoms. The van der Waals surface area contributed by atoms with Crippen molar-refractivity contribution in [2.24, 2.45) is 0 Å². The molecular weight excluding hydrogens is 332 g/mol. The van der Waals surface area contributed by atoms with Crippen LogP contribution < -0.4 is 5.32 Å². The molecule has 1 N–H and O–H groups in total. The number of non-ortho nitro benzene ring substituents is 1. The van der Waals surface area contributed by atoms with Crippen LogP contribution in [0.1, 0.15) is 17.7 Å². The molecule has 0 unspecified atom stereocenters. The number of carbonyl (C=O) groups is 1. The van der Waals surface area contributed by atoms with Crippen LogP contribution in [0.2, 0.25) is 0 Å². The van der Waals surface area contributed by atoms with Gasteiger partial charge in [-0.2, -0.15) is 0 Å². The van der Waals surface area contributed by atoms with E-state index in [1.807, 2.05) is 42.5 Å². The van der Waals surface area contributed by atoms with E-state index in [2.05, 4.69) is 5.32 Å². The maximum atomic E-state index is 12.2. The van der Waals surface area contributed by atoms with Gasteiger partial charge in [-0.1, -0.05) is 36.4 Å². The highest BCUT2D eigenvalue weighted by Crippen LogP contribution is 2.24. The Bertz CT molecular complexity index is 932. The second-order valence-electron chi connectivity index (χ2n) is 5.94. The van der Waals surface area contributed by atoms with Crippen molar-refractivity contribution in [2.45, 2.75) is 19.8 Å². The van der Waals surface area contributed by atoms with Gasteiger partial charge in [0.25, 0.3) is 5.69 Å². The molecule has 3 aromatic rings. The van der Waals surface area contributed by atoms with Crippen molar-refractivity contribution in [3.05, 3.63) is 82.1 Å². The summed E-state index contributed by atoms with van der Waals surface area (Å²) in [6.45, 7) is 1.79. The first-order valence-corrected chi connectivity index (χ1v) is 8.22. The molecule has 0 saturated heterocycles. The molecule has 6 heteroatoms. The van der Waals surface area contributed by atoms with E-state index in [9.17, 15) is 14.9 Å².